The van der Waals surface area contributed by atoms with Gasteiger partial charge >= 0.3 is 16.2 Å². The smallest absolute Gasteiger partial charge is 0.422 e. The fourth-order valence-corrected chi connectivity index (χ4v) is 3.07. The van der Waals surface area contributed by atoms with Gasteiger partial charge in [-0.25, -0.2) is 10.2 Å². The zero-order chi connectivity index (χ0) is 25.4. The Bertz CT molecular complexity index is 801. The predicted octanol–water partition coefficient (Wildman–Crippen LogP) is 1.46. The van der Waals surface area contributed by atoms with Gasteiger partial charge in [-0.1, -0.05) is 27.7 Å². The lowest BCUT2D eigenvalue weighted by molar-refractivity contribution is -0.130. The number of nitrogens with two attached hydrogens (primary N) is 1. The summed E-state index contributed by atoms with van der Waals surface area (Å²) in [7, 11) is -4.63. The molecular weight excluding hydrogens is 440 g/mol. The molecule has 0 rings (SSSR count). The normalized spacial score (nSPS) is 15.8. The van der Waals surface area contributed by atoms with Crippen molar-refractivity contribution >= 4 is 27.9 Å². The SMILES string of the molecule is CC(C)C[C@@H](/C=C(\N)S(=O)(=O)O)C(=O)[C@H](C)NC(=O)[C@@H](NNC(=O)OC(C)(C)C)C(C)C. The Kier molecular flexibility index (Phi) is 11.3. The molecule has 0 saturated carbocycles. The minimum atomic E-state index is -4.63. The molecule has 0 bridgehead atoms. The van der Waals surface area contributed by atoms with Crippen molar-refractivity contribution < 1.29 is 32.1 Å². The van der Waals surface area contributed by atoms with Gasteiger partial charge in [-0.3, -0.25) is 19.6 Å². The molecule has 3 atom stereocenters. The van der Waals surface area contributed by atoms with Gasteiger partial charge in [0.2, 0.25) is 5.91 Å². The summed E-state index contributed by atoms with van der Waals surface area (Å²) < 4.78 is 36.7. The highest BCUT2D eigenvalue weighted by molar-refractivity contribution is 7.89. The second-order valence-corrected chi connectivity index (χ2v) is 10.8. The van der Waals surface area contributed by atoms with Crippen molar-refractivity contribution in [1.29, 1.82) is 0 Å². The van der Waals surface area contributed by atoms with Gasteiger partial charge < -0.3 is 15.8 Å². The van der Waals surface area contributed by atoms with Gasteiger partial charge in [0.05, 0.1) is 6.04 Å². The van der Waals surface area contributed by atoms with E-state index < -0.39 is 56.5 Å². The van der Waals surface area contributed by atoms with Gasteiger partial charge in [0.1, 0.15) is 16.7 Å². The van der Waals surface area contributed by atoms with Crippen molar-refractivity contribution in [2.24, 2.45) is 23.5 Å². The summed E-state index contributed by atoms with van der Waals surface area (Å²) in [4.78, 5) is 37.5. The number of carbonyl (C=O) groups excluding carboxylic acids is 3. The van der Waals surface area contributed by atoms with Crippen LogP contribution in [-0.2, 0) is 24.4 Å². The van der Waals surface area contributed by atoms with E-state index in [1.165, 1.54) is 6.92 Å². The minimum absolute atomic E-state index is 0.0143. The molecular formula is C20H38N4O7S. The standard InChI is InChI=1S/C20H38N4O7S/c1-11(2)9-14(10-15(21)32(28,29)30)17(25)13(5)22-18(26)16(12(3)4)23-24-19(27)31-20(6,7)8/h10-14,16,23H,9,21H2,1-8H3,(H,22,26)(H,24,27)(H,28,29,30)/b15-10+/t13-,14-,16-/m0/s1. The molecule has 0 aliphatic rings. The zero-order valence-electron chi connectivity index (χ0n) is 20.1. The maximum absolute atomic E-state index is 12.9. The number of hydrogen-bond donors (Lipinski definition) is 5. The van der Waals surface area contributed by atoms with Crippen molar-refractivity contribution in [3.05, 3.63) is 11.1 Å². The van der Waals surface area contributed by atoms with Gasteiger partial charge in [0, 0.05) is 5.92 Å². The van der Waals surface area contributed by atoms with Gasteiger partial charge in [-0.2, -0.15) is 8.42 Å². The van der Waals surface area contributed by atoms with Crippen LogP contribution in [0, 0.1) is 17.8 Å². The first-order chi connectivity index (χ1) is 14.3. The Morgan fingerprint density at radius 3 is 2.03 bits per heavy atom. The Hall–Kier alpha value is -2.18. The fourth-order valence-electron chi connectivity index (χ4n) is 2.73. The molecule has 0 aromatic carbocycles. The van der Waals surface area contributed by atoms with E-state index in [0.29, 0.717) is 0 Å². The second-order valence-electron chi connectivity index (χ2n) is 9.41. The first-order valence-electron chi connectivity index (χ1n) is 10.4. The minimum Gasteiger partial charge on any atom is -0.443 e. The number of hydrogen-bond acceptors (Lipinski definition) is 8. The summed E-state index contributed by atoms with van der Waals surface area (Å²) in [6, 6.07) is -1.86. The summed E-state index contributed by atoms with van der Waals surface area (Å²) >= 11 is 0. The van der Waals surface area contributed by atoms with Crippen LogP contribution in [-0.4, -0.2) is 48.4 Å². The molecule has 0 saturated heterocycles. The second kappa shape index (κ2) is 12.2. The number of nitrogens with one attached hydrogen (secondary N) is 3. The van der Waals surface area contributed by atoms with E-state index >= 15 is 0 Å². The van der Waals surface area contributed by atoms with E-state index in [2.05, 4.69) is 16.2 Å². The van der Waals surface area contributed by atoms with Crippen LogP contribution in [0.2, 0.25) is 0 Å². The lowest BCUT2D eigenvalue weighted by Crippen LogP contribution is -2.57. The van der Waals surface area contributed by atoms with E-state index in [4.69, 9.17) is 15.0 Å². The van der Waals surface area contributed by atoms with E-state index in [1.807, 2.05) is 13.8 Å². The molecule has 32 heavy (non-hydrogen) atoms. The summed E-state index contributed by atoms with van der Waals surface area (Å²) in [5.74, 6) is -2.19. The van der Waals surface area contributed by atoms with Gasteiger partial charge in [0.25, 0.3) is 0 Å². The summed E-state index contributed by atoms with van der Waals surface area (Å²) in [6.07, 6.45) is 0.493. The average molecular weight is 479 g/mol. The molecule has 0 fully saturated rings. The molecule has 2 amide bonds. The van der Waals surface area contributed by atoms with Crippen LogP contribution in [0.5, 0.6) is 0 Å². The number of allylic oxidation sites excluding steroid dienone is 1. The molecule has 6 N–H and O–H groups in total. The molecule has 12 heteroatoms. The predicted molar refractivity (Wildman–Crippen MR) is 121 cm³/mol. The topological polar surface area (TPSA) is 177 Å². The quantitative estimate of drug-likeness (QED) is 0.217. The highest BCUT2D eigenvalue weighted by Crippen LogP contribution is 2.18. The van der Waals surface area contributed by atoms with Crippen molar-refractivity contribution in [1.82, 2.24) is 16.2 Å². The van der Waals surface area contributed by atoms with Crippen molar-refractivity contribution in [3.63, 3.8) is 0 Å². The number of Topliss-reactive ketones (excluding diaryl/α,β-unsaturated/α-hetero) is 1. The highest BCUT2D eigenvalue weighted by Gasteiger charge is 2.30. The van der Waals surface area contributed by atoms with Gasteiger partial charge in [-0.15, -0.1) is 0 Å². The Balaban J connectivity index is 5.35. The molecule has 0 heterocycles. The maximum atomic E-state index is 12.9. The Morgan fingerprint density at radius 1 is 1.09 bits per heavy atom. The van der Waals surface area contributed by atoms with Crippen LogP contribution in [0.3, 0.4) is 0 Å². The van der Waals surface area contributed by atoms with Crippen molar-refractivity contribution in [2.45, 2.75) is 79.5 Å². The fraction of sp³-hybridized carbons (Fsp3) is 0.750. The number of hydrazine groups is 1. The van der Waals surface area contributed by atoms with E-state index in [0.717, 1.165) is 6.08 Å². The maximum Gasteiger partial charge on any atom is 0.422 e. The summed E-state index contributed by atoms with van der Waals surface area (Å²) in [5.41, 5.74) is 9.60. The van der Waals surface area contributed by atoms with Gasteiger partial charge in [-0.05, 0) is 52.0 Å². The molecule has 186 valence electrons. The van der Waals surface area contributed by atoms with Crippen molar-refractivity contribution in [2.75, 3.05) is 0 Å². The monoisotopic (exact) mass is 478 g/mol. The number of amides is 2. The average Bonchev–Trinajstić information content (AvgIpc) is 2.57. The summed E-state index contributed by atoms with van der Waals surface area (Å²) in [6.45, 7) is 13.7. The lowest BCUT2D eigenvalue weighted by atomic mass is 9.90. The zero-order valence-corrected chi connectivity index (χ0v) is 20.9. The molecule has 0 aromatic heterocycles. The molecule has 0 radical (unpaired) electrons. The third-order valence-electron chi connectivity index (χ3n) is 4.22. The number of rotatable bonds is 11. The summed E-state index contributed by atoms with van der Waals surface area (Å²) in [5, 5.41) is 1.75. The third kappa shape index (κ3) is 11.4. The number of carbonyl (C=O) groups is 3. The largest absolute Gasteiger partial charge is 0.443 e. The molecule has 0 aliphatic carbocycles. The van der Waals surface area contributed by atoms with Crippen LogP contribution < -0.4 is 21.9 Å². The molecule has 0 aliphatic heterocycles. The number of ketones is 1. The van der Waals surface area contributed by atoms with Crippen molar-refractivity contribution in [3.8, 4) is 0 Å². The van der Waals surface area contributed by atoms with Gasteiger partial charge in [0.15, 0.2) is 5.78 Å². The first kappa shape index (κ1) is 29.8. The Morgan fingerprint density at radius 2 is 1.62 bits per heavy atom. The molecule has 0 spiro atoms. The highest BCUT2D eigenvalue weighted by atomic mass is 32.2. The molecule has 11 nitrogen and oxygen atoms in total. The van der Waals surface area contributed by atoms with Crippen LogP contribution in [0.1, 0.15) is 61.8 Å². The van der Waals surface area contributed by atoms with Crippen LogP contribution >= 0.6 is 0 Å². The first-order valence-corrected chi connectivity index (χ1v) is 11.8. The van der Waals surface area contributed by atoms with E-state index in [1.54, 1.807) is 34.6 Å². The third-order valence-corrected chi connectivity index (χ3v) is 4.95. The molecule has 0 aromatic rings. The van der Waals surface area contributed by atoms with Crippen LogP contribution in [0.4, 0.5) is 4.79 Å². The van der Waals surface area contributed by atoms with E-state index in [9.17, 15) is 22.8 Å². The Labute approximate surface area is 190 Å². The molecule has 0 unspecified atom stereocenters. The van der Waals surface area contributed by atoms with Crippen LogP contribution in [0.15, 0.2) is 11.1 Å². The van der Waals surface area contributed by atoms with E-state index in [-0.39, 0.29) is 18.3 Å². The lowest BCUT2D eigenvalue weighted by Gasteiger charge is -2.26. The van der Waals surface area contributed by atoms with Crippen LogP contribution in [0.25, 0.3) is 0 Å². The number of ether oxygens (including phenoxy) is 1.